The molecule has 0 aliphatic carbocycles. The van der Waals surface area contributed by atoms with Crippen molar-refractivity contribution in [3.63, 3.8) is 0 Å². The van der Waals surface area contributed by atoms with Crippen molar-refractivity contribution in [3.8, 4) is 0 Å². The van der Waals surface area contributed by atoms with Crippen molar-refractivity contribution in [1.82, 2.24) is 19.5 Å². The molecule has 0 bridgehead atoms. The van der Waals surface area contributed by atoms with Gasteiger partial charge < -0.3 is 20.3 Å². The molecule has 1 aromatic carbocycles. The number of aliphatic hydroxyl groups excluding tert-OH is 2. The molecule has 0 amide bonds. The van der Waals surface area contributed by atoms with Gasteiger partial charge in [-0.05, 0) is 23.6 Å². The maximum Gasteiger partial charge on any atom is 0.175 e. The molecular weight excluding hydrogens is 422 g/mol. The largest absolute Gasteiger partial charge is 0.388 e. The lowest BCUT2D eigenvalue weighted by Gasteiger charge is -2.18. The van der Waals surface area contributed by atoms with Crippen LogP contribution in [0.4, 0.5) is 5.82 Å². The minimum Gasteiger partial charge on any atom is -0.388 e. The quantitative estimate of drug-likeness (QED) is 0.507. The van der Waals surface area contributed by atoms with Crippen LogP contribution in [0.5, 0.6) is 0 Å². The van der Waals surface area contributed by atoms with E-state index in [2.05, 4.69) is 20.3 Å². The van der Waals surface area contributed by atoms with Gasteiger partial charge in [-0.3, -0.25) is 4.57 Å². The summed E-state index contributed by atoms with van der Waals surface area (Å²) >= 11 is 0. The highest BCUT2D eigenvalue weighted by Crippen LogP contribution is 2.35. The third-order valence-corrected chi connectivity index (χ3v) is 6.51. The topological polar surface area (TPSA) is 139 Å². The third kappa shape index (κ3) is 4.13. The van der Waals surface area contributed by atoms with Gasteiger partial charge in [0, 0.05) is 12.8 Å². The molecule has 166 valence electrons. The monoisotopic (exact) mass is 447 g/mol. The Bertz CT molecular complexity index is 1180. The second kappa shape index (κ2) is 8.15. The fraction of sp³-hybridized carbons (Fsp3) is 0.450. The van der Waals surface area contributed by atoms with Gasteiger partial charge >= 0.3 is 0 Å². The van der Waals surface area contributed by atoms with Gasteiger partial charge in [-0.1, -0.05) is 26.0 Å². The van der Waals surface area contributed by atoms with Crippen molar-refractivity contribution in [2.24, 2.45) is 5.92 Å². The second-order valence-corrected chi connectivity index (χ2v) is 10.0. The molecule has 4 atom stereocenters. The fourth-order valence-corrected chi connectivity index (χ4v) is 4.30. The van der Waals surface area contributed by atoms with Gasteiger partial charge in [0.15, 0.2) is 33.0 Å². The zero-order chi connectivity index (χ0) is 22.3. The van der Waals surface area contributed by atoms with Crippen LogP contribution in [-0.4, -0.2) is 62.7 Å². The number of hydrogen-bond donors (Lipinski definition) is 3. The van der Waals surface area contributed by atoms with E-state index in [1.165, 1.54) is 18.9 Å². The number of fused-ring (bicyclic) bond motifs is 1. The number of aromatic nitrogens is 4. The van der Waals surface area contributed by atoms with Crippen molar-refractivity contribution in [3.05, 3.63) is 42.5 Å². The van der Waals surface area contributed by atoms with E-state index in [0.717, 1.165) is 5.56 Å². The highest BCUT2D eigenvalue weighted by Gasteiger charge is 2.45. The van der Waals surface area contributed by atoms with E-state index >= 15 is 0 Å². The van der Waals surface area contributed by atoms with Gasteiger partial charge in [0.1, 0.15) is 18.5 Å². The van der Waals surface area contributed by atoms with Gasteiger partial charge in [-0.2, -0.15) is 0 Å². The molecule has 31 heavy (non-hydrogen) atoms. The Hall–Kier alpha value is -2.60. The van der Waals surface area contributed by atoms with E-state index in [1.54, 1.807) is 28.8 Å². The SMILES string of the molecule is CC(C)[C@H]1O[C@@H](n2cnc3c(NCc4ccc(S(C)(=O)=O)cc4)ncnc32)[C@H](O)[C@@H]1O. The zero-order valence-corrected chi connectivity index (χ0v) is 18.2. The summed E-state index contributed by atoms with van der Waals surface area (Å²) in [5, 5.41) is 24.0. The molecule has 0 unspecified atom stereocenters. The number of hydrogen-bond acceptors (Lipinski definition) is 9. The van der Waals surface area contributed by atoms with Crippen molar-refractivity contribution in [1.29, 1.82) is 0 Å². The molecule has 0 spiro atoms. The van der Waals surface area contributed by atoms with Crippen LogP contribution in [0.1, 0.15) is 25.6 Å². The van der Waals surface area contributed by atoms with E-state index in [4.69, 9.17) is 4.74 Å². The second-order valence-electron chi connectivity index (χ2n) is 8.03. The predicted molar refractivity (Wildman–Crippen MR) is 113 cm³/mol. The maximum atomic E-state index is 11.6. The number of anilines is 1. The van der Waals surface area contributed by atoms with Crippen molar-refractivity contribution >= 4 is 26.8 Å². The first-order chi connectivity index (χ1) is 14.7. The Labute approximate surface area is 179 Å². The van der Waals surface area contributed by atoms with Crippen LogP contribution in [0.25, 0.3) is 11.2 Å². The first-order valence-electron chi connectivity index (χ1n) is 9.89. The molecule has 3 heterocycles. The molecule has 4 rings (SSSR count). The predicted octanol–water partition coefficient (Wildman–Crippen LogP) is 1.12. The van der Waals surface area contributed by atoms with Crippen LogP contribution in [0.15, 0.2) is 41.8 Å². The molecule has 1 aliphatic heterocycles. The fourth-order valence-electron chi connectivity index (χ4n) is 3.67. The van der Waals surface area contributed by atoms with E-state index in [0.29, 0.717) is 23.5 Å². The van der Waals surface area contributed by atoms with Crippen molar-refractivity contribution < 1.29 is 23.4 Å². The van der Waals surface area contributed by atoms with Crippen LogP contribution in [0.3, 0.4) is 0 Å². The summed E-state index contributed by atoms with van der Waals surface area (Å²) in [5.74, 6) is 0.523. The summed E-state index contributed by atoms with van der Waals surface area (Å²) in [7, 11) is -3.24. The molecule has 3 N–H and O–H groups in total. The maximum absolute atomic E-state index is 11.6. The normalized spacial score (nSPS) is 24.2. The summed E-state index contributed by atoms with van der Waals surface area (Å²) in [4.78, 5) is 13.2. The van der Waals surface area contributed by atoms with Gasteiger partial charge in [-0.15, -0.1) is 0 Å². The Morgan fingerprint density at radius 1 is 1.13 bits per heavy atom. The summed E-state index contributed by atoms with van der Waals surface area (Å²) < 4.78 is 30.7. The lowest BCUT2D eigenvalue weighted by Crippen LogP contribution is -2.33. The minimum atomic E-state index is -3.24. The molecule has 11 heteroatoms. The number of rotatable bonds is 6. The molecule has 0 radical (unpaired) electrons. The van der Waals surface area contributed by atoms with Gasteiger partial charge in [0.25, 0.3) is 0 Å². The first kappa shape index (κ1) is 21.6. The Morgan fingerprint density at radius 3 is 2.45 bits per heavy atom. The molecule has 1 fully saturated rings. The molecule has 2 aromatic heterocycles. The molecule has 0 saturated carbocycles. The standard InChI is InChI=1S/C20H25N5O5S/c1-11(2)17-15(26)16(27)20(30-17)25-10-24-14-18(22-9-23-19(14)25)21-8-12-4-6-13(7-5-12)31(3,28)29/h4-7,9-11,15-17,20,26-27H,8H2,1-3H3,(H,21,22,23)/t15-,16+,17+,20+/m0/s1. The average Bonchev–Trinajstić information content (AvgIpc) is 3.28. The number of nitrogens with zero attached hydrogens (tertiary/aromatic N) is 4. The minimum absolute atomic E-state index is 0.0328. The molecule has 3 aromatic rings. The van der Waals surface area contributed by atoms with E-state index in [-0.39, 0.29) is 10.8 Å². The summed E-state index contributed by atoms with van der Waals surface area (Å²) in [6.45, 7) is 4.24. The summed E-state index contributed by atoms with van der Waals surface area (Å²) in [6.07, 6.45) is 0.649. The number of aliphatic hydroxyl groups is 2. The van der Waals surface area contributed by atoms with Gasteiger partial charge in [-0.25, -0.2) is 23.4 Å². The van der Waals surface area contributed by atoms with Crippen LogP contribution in [0.2, 0.25) is 0 Å². The summed E-state index contributed by atoms with van der Waals surface area (Å²) in [6, 6.07) is 6.59. The summed E-state index contributed by atoms with van der Waals surface area (Å²) in [5.41, 5.74) is 1.83. The van der Waals surface area contributed by atoms with Gasteiger partial charge in [0.05, 0.1) is 17.3 Å². The molecule has 1 saturated heterocycles. The lowest BCUT2D eigenvalue weighted by atomic mass is 10.0. The highest BCUT2D eigenvalue weighted by atomic mass is 32.2. The Morgan fingerprint density at radius 2 is 1.84 bits per heavy atom. The van der Waals surface area contributed by atoms with Gasteiger partial charge in [0.2, 0.25) is 0 Å². The third-order valence-electron chi connectivity index (χ3n) is 5.38. The van der Waals surface area contributed by atoms with E-state index in [1.807, 2.05) is 13.8 Å². The highest BCUT2D eigenvalue weighted by molar-refractivity contribution is 7.90. The zero-order valence-electron chi connectivity index (χ0n) is 17.4. The average molecular weight is 448 g/mol. The number of sulfone groups is 1. The lowest BCUT2D eigenvalue weighted by molar-refractivity contribution is -0.0492. The van der Waals surface area contributed by atoms with Crippen molar-refractivity contribution in [2.75, 3.05) is 11.6 Å². The van der Waals surface area contributed by atoms with E-state index in [9.17, 15) is 18.6 Å². The smallest absolute Gasteiger partial charge is 0.175 e. The number of nitrogens with one attached hydrogen (secondary N) is 1. The van der Waals surface area contributed by atoms with Crippen LogP contribution in [-0.2, 0) is 21.1 Å². The Balaban J connectivity index is 1.55. The number of imidazole rings is 1. The molecular formula is C20H25N5O5S. The Kier molecular flexibility index (Phi) is 5.69. The molecule has 10 nitrogen and oxygen atoms in total. The first-order valence-corrected chi connectivity index (χ1v) is 11.8. The van der Waals surface area contributed by atoms with Crippen molar-refractivity contribution in [2.45, 2.75) is 49.8 Å². The molecule has 1 aliphatic rings. The van der Waals surface area contributed by atoms with Crippen LogP contribution in [0, 0.1) is 5.92 Å². The van der Waals surface area contributed by atoms with E-state index < -0.39 is 34.4 Å². The van der Waals surface area contributed by atoms with Crippen LogP contribution < -0.4 is 5.32 Å². The number of benzene rings is 1. The number of ether oxygens (including phenoxy) is 1. The van der Waals surface area contributed by atoms with Crippen LogP contribution >= 0.6 is 0 Å².